The summed E-state index contributed by atoms with van der Waals surface area (Å²) in [5.41, 5.74) is 1.08. The number of thiophene rings is 1. The second-order valence-corrected chi connectivity index (χ2v) is 7.31. The fourth-order valence-electron chi connectivity index (χ4n) is 2.92. The first kappa shape index (κ1) is 16.1. The second kappa shape index (κ2) is 6.80. The van der Waals surface area contributed by atoms with Gasteiger partial charge in [-0.2, -0.15) is 0 Å². The minimum absolute atomic E-state index is 0.0276. The van der Waals surface area contributed by atoms with E-state index in [-0.39, 0.29) is 18.0 Å². The topological polar surface area (TPSA) is 67.2 Å². The molecule has 124 valence electrons. The van der Waals surface area contributed by atoms with E-state index in [2.05, 4.69) is 10.3 Å². The summed E-state index contributed by atoms with van der Waals surface area (Å²) in [5, 5.41) is 3.56. The van der Waals surface area contributed by atoms with E-state index in [1.165, 1.54) is 22.2 Å². The Hall–Kier alpha value is -1.73. The number of nitrogens with zero attached hydrogens (tertiary/aromatic N) is 3. The summed E-state index contributed by atoms with van der Waals surface area (Å²) in [6.07, 6.45) is 5.80. The van der Waals surface area contributed by atoms with E-state index < -0.39 is 0 Å². The SMILES string of the molecule is CN(C)CCNC(=O)Cn1cnc2sc3c(c2c1=O)CCCC3. The Kier molecular flexibility index (Phi) is 4.77. The number of hydrogen-bond donors (Lipinski definition) is 1. The molecule has 1 aliphatic carbocycles. The Morgan fingerprint density at radius 3 is 2.96 bits per heavy atom. The number of fused-ring (bicyclic) bond motifs is 3. The van der Waals surface area contributed by atoms with Crippen LogP contribution in [0, 0.1) is 0 Å². The van der Waals surface area contributed by atoms with Crippen molar-refractivity contribution in [2.24, 2.45) is 0 Å². The second-order valence-electron chi connectivity index (χ2n) is 6.22. The number of aromatic nitrogens is 2. The molecule has 23 heavy (non-hydrogen) atoms. The van der Waals surface area contributed by atoms with Crippen molar-refractivity contribution in [3.8, 4) is 0 Å². The van der Waals surface area contributed by atoms with Crippen LogP contribution in [-0.2, 0) is 24.2 Å². The molecule has 1 aliphatic rings. The first-order valence-corrected chi connectivity index (χ1v) is 8.79. The summed E-state index contributed by atoms with van der Waals surface area (Å²) in [6.45, 7) is 1.37. The molecule has 2 aromatic heterocycles. The van der Waals surface area contributed by atoms with Gasteiger partial charge in [0.2, 0.25) is 5.91 Å². The van der Waals surface area contributed by atoms with Crippen molar-refractivity contribution in [2.45, 2.75) is 32.2 Å². The van der Waals surface area contributed by atoms with Crippen LogP contribution in [0.3, 0.4) is 0 Å². The molecule has 0 radical (unpaired) electrons. The quantitative estimate of drug-likeness (QED) is 0.886. The van der Waals surface area contributed by atoms with E-state index in [0.717, 1.165) is 41.6 Å². The van der Waals surface area contributed by atoms with Gasteiger partial charge < -0.3 is 10.2 Å². The zero-order chi connectivity index (χ0) is 16.4. The molecule has 0 unspecified atom stereocenters. The molecule has 1 amide bonds. The van der Waals surface area contributed by atoms with Gasteiger partial charge in [0.25, 0.3) is 5.56 Å². The Bertz CT molecular complexity index is 778. The number of nitrogens with one attached hydrogen (secondary N) is 1. The van der Waals surface area contributed by atoms with Crippen molar-refractivity contribution in [3.05, 3.63) is 27.1 Å². The van der Waals surface area contributed by atoms with E-state index in [0.29, 0.717) is 6.54 Å². The maximum absolute atomic E-state index is 12.7. The number of aryl methyl sites for hydroxylation is 2. The molecular formula is C16H22N4O2S. The van der Waals surface area contributed by atoms with Gasteiger partial charge in [-0.25, -0.2) is 4.98 Å². The third-order valence-corrected chi connectivity index (χ3v) is 5.34. The summed E-state index contributed by atoms with van der Waals surface area (Å²) in [4.78, 5) is 33.2. The molecule has 6 nitrogen and oxygen atoms in total. The van der Waals surface area contributed by atoms with Crippen LogP contribution in [0.15, 0.2) is 11.1 Å². The Morgan fingerprint density at radius 2 is 2.17 bits per heavy atom. The van der Waals surface area contributed by atoms with Crippen LogP contribution in [0.5, 0.6) is 0 Å². The smallest absolute Gasteiger partial charge is 0.262 e. The van der Waals surface area contributed by atoms with Crippen LogP contribution >= 0.6 is 11.3 Å². The summed E-state index contributed by atoms with van der Waals surface area (Å²) in [6, 6.07) is 0. The van der Waals surface area contributed by atoms with E-state index in [1.807, 2.05) is 19.0 Å². The summed E-state index contributed by atoms with van der Waals surface area (Å²) in [5.74, 6) is -0.154. The van der Waals surface area contributed by atoms with Gasteiger partial charge in [-0.15, -0.1) is 11.3 Å². The minimum atomic E-state index is -0.154. The lowest BCUT2D eigenvalue weighted by Gasteiger charge is -2.12. The number of carbonyl (C=O) groups is 1. The van der Waals surface area contributed by atoms with Gasteiger partial charge in [0.1, 0.15) is 11.4 Å². The van der Waals surface area contributed by atoms with Gasteiger partial charge >= 0.3 is 0 Å². The molecule has 0 aliphatic heterocycles. The maximum Gasteiger partial charge on any atom is 0.262 e. The number of likely N-dealkylation sites (N-methyl/N-ethyl adjacent to an activating group) is 1. The molecule has 2 aromatic rings. The number of hydrogen-bond acceptors (Lipinski definition) is 5. The van der Waals surface area contributed by atoms with Crippen LogP contribution in [0.2, 0.25) is 0 Å². The van der Waals surface area contributed by atoms with Crippen LogP contribution < -0.4 is 10.9 Å². The molecule has 2 heterocycles. The molecule has 0 aromatic carbocycles. The largest absolute Gasteiger partial charge is 0.353 e. The highest BCUT2D eigenvalue weighted by molar-refractivity contribution is 7.18. The monoisotopic (exact) mass is 334 g/mol. The normalized spacial score (nSPS) is 14.2. The van der Waals surface area contributed by atoms with Gasteiger partial charge in [-0.05, 0) is 45.3 Å². The molecule has 1 N–H and O–H groups in total. The lowest BCUT2D eigenvalue weighted by Crippen LogP contribution is -2.36. The third kappa shape index (κ3) is 3.45. The van der Waals surface area contributed by atoms with E-state index in [9.17, 15) is 9.59 Å². The lowest BCUT2D eigenvalue weighted by atomic mass is 9.97. The predicted molar refractivity (Wildman–Crippen MR) is 92.1 cm³/mol. The molecule has 0 atom stereocenters. The summed E-state index contributed by atoms with van der Waals surface area (Å²) in [7, 11) is 3.91. The highest BCUT2D eigenvalue weighted by atomic mass is 32.1. The van der Waals surface area contributed by atoms with Crippen molar-refractivity contribution in [2.75, 3.05) is 27.2 Å². The van der Waals surface area contributed by atoms with Crippen molar-refractivity contribution < 1.29 is 4.79 Å². The van der Waals surface area contributed by atoms with Gasteiger partial charge in [-0.3, -0.25) is 14.2 Å². The number of rotatable bonds is 5. The summed E-state index contributed by atoms with van der Waals surface area (Å²) < 4.78 is 1.43. The number of carbonyl (C=O) groups excluding carboxylic acids is 1. The van der Waals surface area contributed by atoms with E-state index in [1.54, 1.807) is 11.3 Å². The molecule has 0 saturated carbocycles. The minimum Gasteiger partial charge on any atom is -0.353 e. The fourth-order valence-corrected chi connectivity index (χ4v) is 4.14. The van der Waals surface area contributed by atoms with Gasteiger partial charge in [0.05, 0.1) is 11.7 Å². The Morgan fingerprint density at radius 1 is 1.39 bits per heavy atom. The van der Waals surface area contributed by atoms with Gasteiger partial charge in [0.15, 0.2) is 0 Å². The highest BCUT2D eigenvalue weighted by Gasteiger charge is 2.20. The van der Waals surface area contributed by atoms with Crippen molar-refractivity contribution in [1.82, 2.24) is 19.8 Å². The van der Waals surface area contributed by atoms with Crippen LogP contribution in [0.1, 0.15) is 23.3 Å². The Labute approximate surface area is 139 Å². The first-order valence-electron chi connectivity index (χ1n) is 7.97. The molecule has 3 rings (SSSR count). The zero-order valence-electron chi connectivity index (χ0n) is 13.6. The zero-order valence-corrected chi connectivity index (χ0v) is 14.4. The average Bonchev–Trinajstić information content (AvgIpc) is 2.89. The van der Waals surface area contributed by atoms with Gasteiger partial charge in [-0.1, -0.05) is 0 Å². The summed E-state index contributed by atoms with van der Waals surface area (Å²) >= 11 is 1.63. The predicted octanol–water partition coefficient (Wildman–Crippen LogP) is 1.01. The fraction of sp³-hybridized carbons (Fsp3) is 0.562. The van der Waals surface area contributed by atoms with Crippen molar-refractivity contribution in [3.63, 3.8) is 0 Å². The van der Waals surface area contributed by atoms with Crippen molar-refractivity contribution in [1.29, 1.82) is 0 Å². The van der Waals surface area contributed by atoms with Crippen LogP contribution in [-0.4, -0.2) is 47.5 Å². The maximum atomic E-state index is 12.7. The van der Waals surface area contributed by atoms with E-state index in [4.69, 9.17) is 0 Å². The molecule has 0 saturated heterocycles. The third-order valence-electron chi connectivity index (χ3n) is 4.14. The molecular weight excluding hydrogens is 312 g/mol. The van der Waals surface area contributed by atoms with E-state index >= 15 is 0 Å². The van der Waals surface area contributed by atoms with Crippen LogP contribution in [0.25, 0.3) is 10.2 Å². The lowest BCUT2D eigenvalue weighted by molar-refractivity contribution is -0.121. The molecule has 0 fully saturated rings. The first-order chi connectivity index (χ1) is 11.1. The Balaban J connectivity index is 1.80. The molecule has 0 bridgehead atoms. The standard InChI is InChI=1S/C16H22N4O2S/c1-19(2)8-7-17-13(21)9-20-10-18-15-14(16(20)22)11-5-3-4-6-12(11)23-15/h10H,3-9H2,1-2H3,(H,17,21). The van der Waals surface area contributed by atoms with Crippen molar-refractivity contribution >= 4 is 27.5 Å². The molecule has 0 spiro atoms. The average molecular weight is 334 g/mol. The van der Waals surface area contributed by atoms with Gasteiger partial charge in [0, 0.05) is 18.0 Å². The highest BCUT2D eigenvalue weighted by Crippen LogP contribution is 2.33. The molecule has 7 heteroatoms. The van der Waals surface area contributed by atoms with Crippen LogP contribution in [0.4, 0.5) is 0 Å². The number of amides is 1.